The van der Waals surface area contributed by atoms with E-state index in [-0.39, 0.29) is 6.42 Å². The molecular weight excluding hydrogens is 261 g/mol. The van der Waals surface area contributed by atoms with E-state index in [2.05, 4.69) is 4.74 Å². The van der Waals surface area contributed by atoms with Crippen LogP contribution in [0.3, 0.4) is 0 Å². The second-order valence-corrected chi connectivity index (χ2v) is 3.77. The lowest BCUT2D eigenvalue weighted by atomic mass is 10.0. The Balaban J connectivity index is 2.63. The number of hydrogen-bond donors (Lipinski definition) is 1. The van der Waals surface area contributed by atoms with E-state index in [4.69, 9.17) is 11.0 Å². The van der Waals surface area contributed by atoms with E-state index in [9.17, 15) is 18.0 Å². The molecule has 1 aromatic carbocycles. The lowest BCUT2D eigenvalue weighted by Crippen LogP contribution is -2.34. The summed E-state index contributed by atoms with van der Waals surface area (Å²) in [7, 11) is 0. The number of nitriles is 1. The number of halogens is 3. The Bertz CT molecular complexity index is 477. The van der Waals surface area contributed by atoms with Gasteiger partial charge in [0.15, 0.2) is 6.61 Å². The van der Waals surface area contributed by atoms with Crippen LogP contribution in [0.15, 0.2) is 24.3 Å². The molecule has 0 aromatic heterocycles. The minimum atomic E-state index is -4.40. The summed E-state index contributed by atoms with van der Waals surface area (Å²) >= 11 is 0. The largest absolute Gasteiger partial charge is 0.449 e. The predicted octanol–water partition coefficient (Wildman–Crippen LogP) is 1.64. The fraction of sp³-hybridized carbons (Fsp3) is 0.333. The highest BCUT2D eigenvalue weighted by molar-refractivity contribution is 5.76. The fourth-order valence-electron chi connectivity index (χ4n) is 1.38. The molecule has 4 nitrogen and oxygen atoms in total. The Hall–Kier alpha value is -2.07. The molecule has 1 aromatic rings. The number of carbonyl (C=O) groups excluding carboxylic acids is 1. The number of esters is 1. The molecule has 0 aliphatic heterocycles. The summed E-state index contributed by atoms with van der Waals surface area (Å²) in [6.45, 7) is -0.403. The molecule has 1 atom stereocenters. The van der Waals surface area contributed by atoms with Crippen molar-refractivity contribution in [2.75, 3.05) is 6.61 Å². The molecule has 1 unspecified atom stereocenters. The summed E-state index contributed by atoms with van der Waals surface area (Å²) in [5, 5.41) is 8.22. The number of ether oxygens (including phenoxy) is 1. The third-order valence-electron chi connectivity index (χ3n) is 2.32. The van der Waals surface area contributed by atoms with Crippen molar-refractivity contribution in [3.05, 3.63) is 35.4 Å². The zero-order chi connectivity index (χ0) is 14.5. The van der Waals surface area contributed by atoms with Gasteiger partial charge in [-0.2, -0.15) is 18.4 Å². The van der Waals surface area contributed by atoms with E-state index in [1.165, 1.54) is 12.1 Å². The van der Waals surface area contributed by atoms with Gasteiger partial charge in [-0.15, -0.1) is 0 Å². The average molecular weight is 272 g/mol. The van der Waals surface area contributed by atoms with Crippen molar-refractivity contribution in [3.8, 4) is 6.07 Å². The number of nitrogens with two attached hydrogens (primary N) is 1. The summed E-state index contributed by atoms with van der Waals surface area (Å²) < 4.78 is 41.5. The van der Waals surface area contributed by atoms with Gasteiger partial charge in [-0.05, 0) is 24.1 Å². The van der Waals surface area contributed by atoms with E-state index in [1.807, 2.05) is 0 Å². The van der Waals surface area contributed by atoms with Crippen molar-refractivity contribution < 1.29 is 22.7 Å². The number of benzene rings is 1. The molecule has 1 rings (SSSR count). The molecule has 0 heterocycles. The number of rotatable bonds is 4. The molecule has 0 saturated carbocycles. The third-order valence-corrected chi connectivity index (χ3v) is 2.32. The van der Waals surface area contributed by atoms with Crippen LogP contribution in [0.4, 0.5) is 13.2 Å². The van der Waals surface area contributed by atoms with Gasteiger partial charge in [0.05, 0.1) is 5.56 Å². The van der Waals surface area contributed by atoms with Crippen LogP contribution in [-0.4, -0.2) is 18.6 Å². The van der Waals surface area contributed by atoms with Crippen LogP contribution < -0.4 is 5.73 Å². The molecule has 0 saturated heterocycles. The van der Waals surface area contributed by atoms with Gasteiger partial charge in [0, 0.05) is 0 Å². The van der Waals surface area contributed by atoms with Crippen LogP contribution >= 0.6 is 0 Å². The fourth-order valence-corrected chi connectivity index (χ4v) is 1.38. The molecule has 0 amide bonds. The van der Waals surface area contributed by atoms with E-state index >= 15 is 0 Å². The van der Waals surface area contributed by atoms with E-state index in [0.717, 1.165) is 12.1 Å². The molecular formula is C12H11F3N2O2. The molecule has 102 valence electrons. The Morgan fingerprint density at radius 2 is 1.95 bits per heavy atom. The molecule has 0 aliphatic carbocycles. The number of nitrogens with zero attached hydrogens (tertiary/aromatic N) is 1. The number of hydrogen-bond acceptors (Lipinski definition) is 4. The van der Waals surface area contributed by atoms with Gasteiger partial charge < -0.3 is 10.5 Å². The molecule has 2 N–H and O–H groups in total. The number of carbonyl (C=O) groups is 1. The van der Waals surface area contributed by atoms with Gasteiger partial charge >= 0.3 is 12.1 Å². The summed E-state index contributed by atoms with van der Waals surface area (Å²) in [4.78, 5) is 11.3. The third kappa shape index (κ3) is 4.60. The Morgan fingerprint density at radius 1 is 1.37 bits per heavy atom. The van der Waals surface area contributed by atoms with Crippen LogP contribution in [0.25, 0.3) is 0 Å². The maximum Gasteiger partial charge on any atom is 0.416 e. The topological polar surface area (TPSA) is 76.1 Å². The summed E-state index contributed by atoms with van der Waals surface area (Å²) in [5.74, 6) is -0.763. The highest BCUT2D eigenvalue weighted by Gasteiger charge is 2.30. The van der Waals surface area contributed by atoms with Crippen LogP contribution in [0.5, 0.6) is 0 Å². The van der Waals surface area contributed by atoms with Crippen LogP contribution in [0.1, 0.15) is 11.1 Å². The predicted molar refractivity (Wildman–Crippen MR) is 59.7 cm³/mol. The normalized spacial score (nSPS) is 12.6. The van der Waals surface area contributed by atoms with E-state index in [0.29, 0.717) is 5.56 Å². The van der Waals surface area contributed by atoms with E-state index < -0.39 is 30.4 Å². The second-order valence-electron chi connectivity index (χ2n) is 3.77. The van der Waals surface area contributed by atoms with Gasteiger partial charge in [-0.1, -0.05) is 12.1 Å². The Kier molecular flexibility index (Phi) is 4.89. The zero-order valence-electron chi connectivity index (χ0n) is 9.78. The Morgan fingerprint density at radius 3 is 2.42 bits per heavy atom. The van der Waals surface area contributed by atoms with Crippen molar-refractivity contribution in [2.45, 2.75) is 18.6 Å². The van der Waals surface area contributed by atoms with Crippen molar-refractivity contribution in [3.63, 3.8) is 0 Å². The SMILES string of the molecule is N#CCOC(=O)C(N)Cc1ccc(C(F)(F)F)cc1. The first-order valence-corrected chi connectivity index (χ1v) is 5.30. The van der Waals surface area contributed by atoms with Gasteiger partial charge in [0.2, 0.25) is 0 Å². The Labute approximate surface area is 107 Å². The van der Waals surface area contributed by atoms with Crippen LogP contribution in [0.2, 0.25) is 0 Å². The monoisotopic (exact) mass is 272 g/mol. The van der Waals surface area contributed by atoms with Crippen LogP contribution in [-0.2, 0) is 22.1 Å². The lowest BCUT2D eigenvalue weighted by Gasteiger charge is -2.11. The van der Waals surface area contributed by atoms with Gasteiger partial charge in [-0.3, -0.25) is 4.79 Å². The molecule has 19 heavy (non-hydrogen) atoms. The molecule has 7 heteroatoms. The van der Waals surface area contributed by atoms with Crippen molar-refractivity contribution in [1.29, 1.82) is 5.26 Å². The minimum Gasteiger partial charge on any atom is -0.449 e. The maximum atomic E-state index is 12.3. The average Bonchev–Trinajstić information content (AvgIpc) is 2.35. The van der Waals surface area contributed by atoms with Gasteiger partial charge in [0.25, 0.3) is 0 Å². The maximum absolute atomic E-state index is 12.3. The first-order valence-electron chi connectivity index (χ1n) is 5.30. The zero-order valence-corrected chi connectivity index (χ0v) is 9.78. The minimum absolute atomic E-state index is 0.0440. The smallest absolute Gasteiger partial charge is 0.416 e. The van der Waals surface area contributed by atoms with Crippen molar-refractivity contribution in [1.82, 2.24) is 0 Å². The highest BCUT2D eigenvalue weighted by atomic mass is 19.4. The molecule has 0 aliphatic rings. The van der Waals surface area contributed by atoms with Gasteiger partial charge in [-0.25, -0.2) is 0 Å². The first kappa shape index (κ1) is 15.0. The lowest BCUT2D eigenvalue weighted by molar-refractivity contribution is -0.143. The van der Waals surface area contributed by atoms with E-state index in [1.54, 1.807) is 6.07 Å². The molecule has 0 fully saturated rings. The molecule has 0 bridgehead atoms. The van der Waals surface area contributed by atoms with Crippen molar-refractivity contribution in [2.24, 2.45) is 5.73 Å². The summed E-state index contributed by atoms with van der Waals surface area (Å²) in [6.07, 6.45) is -4.35. The second kappa shape index (κ2) is 6.20. The summed E-state index contributed by atoms with van der Waals surface area (Å²) in [5.41, 5.74) is 5.22. The standard InChI is InChI=1S/C12H11F3N2O2/c13-12(14,15)9-3-1-8(2-4-9)7-10(17)11(18)19-6-5-16/h1-4,10H,6-7,17H2. The highest BCUT2D eigenvalue weighted by Crippen LogP contribution is 2.29. The summed E-state index contributed by atoms with van der Waals surface area (Å²) in [6, 6.07) is 4.95. The van der Waals surface area contributed by atoms with Gasteiger partial charge in [0.1, 0.15) is 12.1 Å². The molecule has 0 spiro atoms. The number of alkyl halides is 3. The first-order chi connectivity index (χ1) is 8.84. The quantitative estimate of drug-likeness (QED) is 0.845. The van der Waals surface area contributed by atoms with Crippen LogP contribution in [0, 0.1) is 11.3 Å². The molecule has 0 radical (unpaired) electrons. The van der Waals surface area contributed by atoms with Crippen molar-refractivity contribution >= 4 is 5.97 Å².